The van der Waals surface area contributed by atoms with Gasteiger partial charge in [0.15, 0.2) is 11.5 Å². The Hall–Kier alpha value is -3.19. The molecule has 0 saturated carbocycles. The highest BCUT2D eigenvalue weighted by molar-refractivity contribution is 6.32. The number of hydrogen-bond donors (Lipinski definition) is 2. The van der Waals surface area contributed by atoms with Crippen molar-refractivity contribution in [2.75, 3.05) is 19.5 Å². The zero-order valence-electron chi connectivity index (χ0n) is 17.9. The van der Waals surface area contributed by atoms with Gasteiger partial charge < -0.3 is 19.9 Å². The molecule has 0 heterocycles. The van der Waals surface area contributed by atoms with Crippen LogP contribution in [0.4, 0.5) is 5.69 Å². The first kappa shape index (κ1) is 21.5. The summed E-state index contributed by atoms with van der Waals surface area (Å²) in [5, 5.41) is 14.2. The number of carbonyl (C=O) groups excluding carboxylic acids is 3. The van der Waals surface area contributed by atoms with Crippen LogP contribution in [0.15, 0.2) is 24.3 Å². The van der Waals surface area contributed by atoms with Crippen LogP contribution < -0.4 is 14.8 Å². The minimum atomic E-state index is -2.48. The van der Waals surface area contributed by atoms with Gasteiger partial charge in [0.25, 0.3) is 0 Å². The van der Waals surface area contributed by atoms with Crippen LogP contribution in [0.2, 0.25) is 0 Å². The third-order valence-corrected chi connectivity index (χ3v) is 5.48. The molecule has 7 heteroatoms. The molecule has 2 N–H and O–H groups in total. The number of hydrogen-bond acceptors (Lipinski definition) is 6. The number of fused-ring (bicyclic) bond motifs is 1. The highest BCUT2D eigenvalue weighted by atomic mass is 16.5. The van der Waals surface area contributed by atoms with Crippen molar-refractivity contribution >= 4 is 23.2 Å². The van der Waals surface area contributed by atoms with Crippen LogP contribution in [0.3, 0.4) is 0 Å². The maximum Gasteiger partial charge on any atom is 0.226 e. The fraction of sp³-hybridized carbons (Fsp3) is 0.348. The summed E-state index contributed by atoms with van der Waals surface area (Å²) in [6.45, 7) is 7.07. The molecular formula is C23H25NO6. The fourth-order valence-electron chi connectivity index (χ4n) is 3.49. The number of amides is 1. The highest BCUT2D eigenvalue weighted by Crippen LogP contribution is 2.45. The number of Topliss-reactive ketones (excluding diaryl/α,β-unsaturated/α-hetero) is 2. The van der Waals surface area contributed by atoms with E-state index in [1.54, 1.807) is 26.0 Å². The number of nitrogens with one attached hydrogen (secondary N) is 1. The van der Waals surface area contributed by atoms with Gasteiger partial charge in [-0.25, -0.2) is 0 Å². The molecule has 158 valence electrons. The maximum atomic E-state index is 13.3. The van der Waals surface area contributed by atoms with E-state index >= 15 is 0 Å². The summed E-state index contributed by atoms with van der Waals surface area (Å²) in [5.74, 6) is -1.68. The Morgan fingerprint density at radius 2 is 1.40 bits per heavy atom. The Balaban J connectivity index is 2.26. The maximum absolute atomic E-state index is 13.3. The van der Waals surface area contributed by atoms with E-state index in [1.165, 1.54) is 26.4 Å². The summed E-state index contributed by atoms with van der Waals surface area (Å²) in [6, 6.07) is 6.01. The van der Waals surface area contributed by atoms with E-state index in [4.69, 9.17) is 9.47 Å². The van der Waals surface area contributed by atoms with E-state index in [1.807, 2.05) is 13.8 Å². The molecule has 0 radical (unpaired) electrons. The largest absolute Gasteiger partial charge is 0.493 e. The molecule has 7 nitrogen and oxygen atoms in total. The number of aliphatic hydroxyl groups is 1. The predicted molar refractivity (Wildman–Crippen MR) is 111 cm³/mol. The molecular weight excluding hydrogens is 386 g/mol. The van der Waals surface area contributed by atoms with Crippen molar-refractivity contribution < 1.29 is 29.0 Å². The van der Waals surface area contributed by atoms with Gasteiger partial charge in [-0.15, -0.1) is 0 Å². The van der Waals surface area contributed by atoms with Crippen LogP contribution in [0.1, 0.15) is 51.3 Å². The van der Waals surface area contributed by atoms with Gasteiger partial charge in [0, 0.05) is 28.7 Å². The normalized spacial score (nSPS) is 14.7. The zero-order valence-corrected chi connectivity index (χ0v) is 17.9. The summed E-state index contributed by atoms with van der Waals surface area (Å²) in [5.41, 5.74) is -0.461. The van der Waals surface area contributed by atoms with Crippen molar-refractivity contribution in [2.45, 2.75) is 33.3 Å². The van der Waals surface area contributed by atoms with Crippen LogP contribution in [0, 0.1) is 19.8 Å². The lowest BCUT2D eigenvalue weighted by Crippen LogP contribution is -2.39. The molecule has 2 aromatic carbocycles. The molecule has 0 fully saturated rings. The molecule has 30 heavy (non-hydrogen) atoms. The average Bonchev–Trinajstić information content (AvgIpc) is 2.89. The van der Waals surface area contributed by atoms with E-state index in [0.29, 0.717) is 0 Å². The monoisotopic (exact) mass is 411 g/mol. The summed E-state index contributed by atoms with van der Waals surface area (Å²) in [4.78, 5) is 38.9. The molecule has 3 rings (SSSR count). The van der Waals surface area contributed by atoms with Crippen molar-refractivity contribution in [3.05, 3.63) is 52.1 Å². The first-order chi connectivity index (χ1) is 14.1. The van der Waals surface area contributed by atoms with Gasteiger partial charge in [-0.05, 0) is 43.2 Å². The molecule has 0 atom stereocenters. The smallest absolute Gasteiger partial charge is 0.226 e. The Kier molecular flexibility index (Phi) is 5.43. The van der Waals surface area contributed by atoms with Crippen molar-refractivity contribution in [3.8, 4) is 11.5 Å². The van der Waals surface area contributed by atoms with Crippen LogP contribution in [0.25, 0.3) is 0 Å². The molecule has 0 aliphatic heterocycles. The number of ketones is 2. The fourth-order valence-corrected chi connectivity index (χ4v) is 3.49. The number of ether oxygens (including phenoxy) is 2. The summed E-state index contributed by atoms with van der Waals surface area (Å²) >= 11 is 0. The lowest BCUT2D eigenvalue weighted by molar-refractivity contribution is -0.118. The van der Waals surface area contributed by atoms with Crippen molar-refractivity contribution in [2.24, 2.45) is 5.92 Å². The quantitative estimate of drug-likeness (QED) is 0.733. The van der Waals surface area contributed by atoms with Gasteiger partial charge in [0.1, 0.15) is 0 Å². The number of anilines is 1. The highest BCUT2D eigenvalue weighted by Gasteiger charge is 2.54. The molecule has 0 bridgehead atoms. The third-order valence-electron chi connectivity index (χ3n) is 5.48. The van der Waals surface area contributed by atoms with Crippen molar-refractivity contribution in [3.63, 3.8) is 0 Å². The number of benzene rings is 2. The van der Waals surface area contributed by atoms with Gasteiger partial charge in [-0.2, -0.15) is 0 Å². The van der Waals surface area contributed by atoms with Gasteiger partial charge in [0.2, 0.25) is 23.1 Å². The SMILES string of the molecule is COc1cc(NC(=O)C(C)C)c(C2(O)C(=O)c3cc(C)c(C)cc3C2=O)cc1OC. The van der Waals surface area contributed by atoms with Gasteiger partial charge in [-0.1, -0.05) is 13.8 Å². The molecule has 2 aromatic rings. The van der Waals surface area contributed by atoms with Crippen LogP contribution in [0.5, 0.6) is 11.5 Å². The van der Waals surface area contributed by atoms with E-state index < -0.39 is 17.2 Å². The second-order valence-corrected chi connectivity index (χ2v) is 7.75. The average molecular weight is 411 g/mol. The Labute approximate surface area is 175 Å². The van der Waals surface area contributed by atoms with Crippen LogP contribution >= 0.6 is 0 Å². The first-order valence-corrected chi connectivity index (χ1v) is 9.56. The summed E-state index contributed by atoms with van der Waals surface area (Å²) < 4.78 is 10.6. The van der Waals surface area contributed by atoms with E-state index in [2.05, 4.69) is 5.32 Å². The topological polar surface area (TPSA) is 102 Å². The molecule has 0 aromatic heterocycles. The number of methoxy groups -OCH3 is 2. The number of aryl methyl sites for hydroxylation is 2. The van der Waals surface area contributed by atoms with Crippen molar-refractivity contribution in [1.29, 1.82) is 0 Å². The van der Waals surface area contributed by atoms with Crippen molar-refractivity contribution in [1.82, 2.24) is 0 Å². The number of carbonyl (C=O) groups is 3. The van der Waals surface area contributed by atoms with Crippen LogP contribution in [-0.2, 0) is 10.4 Å². The zero-order chi connectivity index (χ0) is 22.4. The molecule has 0 spiro atoms. The second kappa shape index (κ2) is 7.57. The first-order valence-electron chi connectivity index (χ1n) is 9.56. The van der Waals surface area contributed by atoms with E-state index in [0.717, 1.165) is 11.1 Å². The number of rotatable bonds is 5. The molecule has 1 aliphatic rings. The Bertz CT molecular complexity index is 1030. The Morgan fingerprint density at radius 1 is 0.933 bits per heavy atom. The Morgan fingerprint density at radius 3 is 1.83 bits per heavy atom. The molecule has 0 saturated heterocycles. The molecule has 1 aliphatic carbocycles. The minimum absolute atomic E-state index is 0.0596. The third kappa shape index (κ3) is 3.15. The van der Waals surface area contributed by atoms with E-state index in [9.17, 15) is 19.5 Å². The molecule has 1 amide bonds. The van der Waals surface area contributed by atoms with Gasteiger partial charge >= 0.3 is 0 Å². The second-order valence-electron chi connectivity index (χ2n) is 7.75. The lowest BCUT2D eigenvalue weighted by Gasteiger charge is -2.25. The lowest BCUT2D eigenvalue weighted by atomic mass is 9.87. The predicted octanol–water partition coefficient (Wildman–Crippen LogP) is 3.18. The summed E-state index contributed by atoms with van der Waals surface area (Å²) in [7, 11) is 2.82. The standard InChI is InChI=1S/C23H25NO6/c1-11(2)22(27)24-17-10-19(30-6)18(29-5)9-16(17)23(28)20(25)14-7-12(3)13(4)8-15(14)21(23)26/h7-11,28H,1-6H3,(H,24,27). The van der Waals surface area contributed by atoms with Crippen LogP contribution in [-0.4, -0.2) is 36.8 Å². The summed E-state index contributed by atoms with van der Waals surface area (Å²) in [6.07, 6.45) is 0. The van der Waals surface area contributed by atoms with E-state index in [-0.39, 0.29) is 45.7 Å². The minimum Gasteiger partial charge on any atom is -0.493 e. The van der Waals surface area contributed by atoms with Gasteiger partial charge in [0.05, 0.1) is 19.9 Å². The molecule has 0 unspecified atom stereocenters. The van der Waals surface area contributed by atoms with Gasteiger partial charge in [-0.3, -0.25) is 14.4 Å².